The Bertz CT molecular complexity index is 1270. The standard InChI is InChI=1S/C50H83NO5/c1-5-6-7-8-9-10-11-12-13-14-15-16-17-18-19-20-21-22-23-24-25-26-48(55)56-41-33-35-49(3)40(37-41)28-29-42-44-31-30-43(50(44,4)36-34-45(42)49)39(2)27-32-46(52)51-38-47(53)54/h11-12,14-15,17-18,39-45H,5-10,13,16,19-38H2,1-4H3,(H,51,52)(H,53,54)/b12-11-,15-14-,18-17-. The van der Waals surface area contributed by atoms with Crippen molar-refractivity contribution in [1.82, 2.24) is 5.32 Å². The quantitative estimate of drug-likeness (QED) is 0.0518. The zero-order valence-electron chi connectivity index (χ0n) is 36.4. The van der Waals surface area contributed by atoms with E-state index in [2.05, 4.69) is 69.5 Å². The summed E-state index contributed by atoms with van der Waals surface area (Å²) in [6.45, 7) is 9.46. The molecule has 4 aliphatic rings. The molecule has 4 saturated carbocycles. The summed E-state index contributed by atoms with van der Waals surface area (Å²) in [5.41, 5.74) is 0.698. The molecule has 318 valence electrons. The molecule has 9 atom stereocenters. The highest BCUT2D eigenvalue weighted by molar-refractivity contribution is 5.81. The zero-order valence-corrected chi connectivity index (χ0v) is 36.4. The van der Waals surface area contributed by atoms with E-state index in [4.69, 9.17) is 9.84 Å². The molecule has 1 amide bonds. The summed E-state index contributed by atoms with van der Waals surface area (Å²) in [7, 11) is 0. The third-order valence-corrected chi connectivity index (χ3v) is 15.5. The molecule has 0 aliphatic heterocycles. The molecule has 0 saturated heterocycles. The smallest absolute Gasteiger partial charge is 0.322 e. The Balaban J connectivity index is 1.04. The highest BCUT2D eigenvalue weighted by Crippen LogP contribution is 2.68. The highest BCUT2D eigenvalue weighted by Gasteiger charge is 2.60. The summed E-state index contributed by atoms with van der Waals surface area (Å²) >= 11 is 0. The van der Waals surface area contributed by atoms with Crippen LogP contribution < -0.4 is 5.32 Å². The topological polar surface area (TPSA) is 92.7 Å². The molecule has 4 fully saturated rings. The predicted octanol–water partition coefficient (Wildman–Crippen LogP) is 13.1. The lowest BCUT2D eigenvalue weighted by Crippen LogP contribution is -2.54. The van der Waals surface area contributed by atoms with E-state index in [1.807, 2.05) is 0 Å². The number of hydrogen-bond acceptors (Lipinski definition) is 4. The minimum atomic E-state index is -0.991. The molecular weight excluding hydrogens is 695 g/mol. The van der Waals surface area contributed by atoms with Gasteiger partial charge in [-0.1, -0.05) is 116 Å². The number of aliphatic carboxylic acids is 1. The van der Waals surface area contributed by atoms with Crippen LogP contribution >= 0.6 is 0 Å². The average molecular weight is 778 g/mol. The van der Waals surface area contributed by atoms with Gasteiger partial charge in [-0.2, -0.15) is 0 Å². The minimum absolute atomic E-state index is 0.0271. The molecule has 0 bridgehead atoms. The molecule has 0 spiro atoms. The second-order valence-electron chi connectivity index (χ2n) is 19.2. The number of nitrogens with one attached hydrogen (secondary N) is 1. The lowest BCUT2D eigenvalue weighted by Gasteiger charge is -2.61. The number of rotatable bonds is 26. The second kappa shape index (κ2) is 24.5. The minimum Gasteiger partial charge on any atom is -0.480 e. The molecule has 0 aromatic carbocycles. The van der Waals surface area contributed by atoms with Crippen LogP contribution in [0.15, 0.2) is 36.5 Å². The molecule has 0 aromatic rings. The van der Waals surface area contributed by atoms with E-state index in [-0.39, 0.29) is 24.5 Å². The molecule has 56 heavy (non-hydrogen) atoms. The number of carbonyl (C=O) groups excluding carboxylic acids is 2. The van der Waals surface area contributed by atoms with E-state index >= 15 is 0 Å². The lowest BCUT2D eigenvalue weighted by atomic mass is 9.44. The monoisotopic (exact) mass is 778 g/mol. The Morgan fingerprint density at radius 2 is 1.32 bits per heavy atom. The van der Waals surface area contributed by atoms with Crippen molar-refractivity contribution in [2.24, 2.45) is 46.3 Å². The fourth-order valence-corrected chi connectivity index (χ4v) is 12.3. The maximum Gasteiger partial charge on any atom is 0.322 e. The van der Waals surface area contributed by atoms with Crippen molar-refractivity contribution < 1.29 is 24.2 Å². The molecule has 0 radical (unpaired) electrons. The number of carboxylic acid groups (broad SMARTS) is 1. The molecule has 9 unspecified atom stereocenters. The van der Waals surface area contributed by atoms with Gasteiger partial charge in [-0.25, -0.2) is 0 Å². The number of ether oxygens (including phenoxy) is 1. The maximum absolute atomic E-state index is 12.9. The SMILES string of the molecule is CCCCCCC/C=C\C/C=C\C/C=C\CCCCCCCCC(=O)OC1CCC2(C)C(CCC3C2CCC2(C)C(C(C)CCC(=O)NCC(=O)O)CCC32)C1. The van der Waals surface area contributed by atoms with Gasteiger partial charge in [0.2, 0.25) is 5.91 Å². The summed E-state index contributed by atoms with van der Waals surface area (Å²) < 4.78 is 6.15. The van der Waals surface area contributed by atoms with Crippen molar-refractivity contribution in [3.05, 3.63) is 36.5 Å². The van der Waals surface area contributed by atoms with Crippen molar-refractivity contribution in [2.45, 2.75) is 207 Å². The Hall–Kier alpha value is -2.37. The Morgan fingerprint density at radius 1 is 0.714 bits per heavy atom. The van der Waals surface area contributed by atoms with Crippen LogP contribution in [0.3, 0.4) is 0 Å². The number of esters is 1. The number of unbranched alkanes of at least 4 members (excludes halogenated alkanes) is 11. The van der Waals surface area contributed by atoms with Gasteiger partial charge < -0.3 is 15.2 Å². The zero-order chi connectivity index (χ0) is 40.2. The first kappa shape index (κ1) is 46.3. The van der Waals surface area contributed by atoms with Gasteiger partial charge >= 0.3 is 11.9 Å². The number of allylic oxidation sites excluding steroid dienone is 6. The number of fused-ring (bicyclic) bond motifs is 5. The van der Waals surface area contributed by atoms with E-state index in [9.17, 15) is 14.4 Å². The van der Waals surface area contributed by atoms with Gasteiger partial charge in [0.25, 0.3) is 0 Å². The highest BCUT2D eigenvalue weighted by atomic mass is 16.5. The summed E-state index contributed by atoms with van der Waals surface area (Å²) in [6, 6.07) is 0. The fourth-order valence-electron chi connectivity index (χ4n) is 12.3. The van der Waals surface area contributed by atoms with Gasteiger partial charge in [0.15, 0.2) is 0 Å². The molecule has 0 aromatic heterocycles. The van der Waals surface area contributed by atoms with E-state index in [0.29, 0.717) is 41.4 Å². The van der Waals surface area contributed by atoms with Gasteiger partial charge in [-0.05, 0) is 155 Å². The second-order valence-corrected chi connectivity index (χ2v) is 19.2. The molecule has 0 heterocycles. The molecule has 4 rings (SSSR count). The molecular formula is C50H83NO5. The summed E-state index contributed by atoms with van der Waals surface area (Å²) in [4.78, 5) is 36.0. The van der Waals surface area contributed by atoms with Crippen molar-refractivity contribution >= 4 is 17.8 Å². The van der Waals surface area contributed by atoms with Crippen LogP contribution in [0.1, 0.15) is 201 Å². The van der Waals surface area contributed by atoms with Crippen LogP contribution in [0.4, 0.5) is 0 Å². The molecule has 6 nitrogen and oxygen atoms in total. The van der Waals surface area contributed by atoms with Gasteiger partial charge in [-0.15, -0.1) is 0 Å². The van der Waals surface area contributed by atoms with E-state index in [1.54, 1.807) is 0 Å². The molecule has 6 heteroatoms. The molecule has 4 aliphatic carbocycles. The van der Waals surface area contributed by atoms with Crippen molar-refractivity contribution in [3.63, 3.8) is 0 Å². The maximum atomic E-state index is 12.9. The van der Waals surface area contributed by atoms with Crippen LogP contribution in [0.5, 0.6) is 0 Å². The van der Waals surface area contributed by atoms with Crippen LogP contribution in [-0.4, -0.2) is 35.6 Å². The Kier molecular flexibility index (Phi) is 20.3. The molecule has 2 N–H and O–H groups in total. The average Bonchev–Trinajstić information content (AvgIpc) is 3.54. The van der Waals surface area contributed by atoms with Crippen molar-refractivity contribution in [2.75, 3.05) is 6.54 Å². The largest absolute Gasteiger partial charge is 0.480 e. The predicted molar refractivity (Wildman–Crippen MR) is 231 cm³/mol. The van der Waals surface area contributed by atoms with Crippen LogP contribution in [0.2, 0.25) is 0 Å². The third kappa shape index (κ3) is 14.2. The first-order valence-corrected chi connectivity index (χ1v) is 23.7. The number of hydrogen-bond donors (Lipinski definition) is 2. The Morgan fingerprint density at radius 3 is 2.00 bits per heavy atom. The fraction of sp³-hybridized carbons (Fsp3) is 0.820. The van der Waals surface area contributed by atoms with Crippen LogP contribution in [0.25, 0.3) is 0 Å². The first-order chi connectivity index (χ1) is 27.1. The summed E-state index contributed by atoms with van der Waals surface area (Å²) in [6.07, 6.45) is 45.1. The van der Waals surface area contributed by atoms with Gasteiger partial charge in [-0.3, -0.25) is 14.4 Å². The van der Waals surface area contributed by atoms with Gasteiger partial charge in [0, 0.05) is 12.8 Å². The van der Waals surface area contributed by atoms with Crippen molar-refractivity contribution in [3.8, 4) is 0 Å². The number of carboxylic acids is 1. The van der Waals surface area contributed by atoms with E-state index in [1.165, 1.54) is 116 Å². The first-order valence-electron chi connectivity index (χ1n) is 23.7. The normalized spacial score (nSPS) is 30.6. The summed E-state index contributed by atoms with van der Waals surface area (Å²) in [5, 5.41) is 11.4. The van der Waals surface area contributed by atoms with Crippen molar-refractivity contribution in [1.29, 1.82) is 0 Å². The van der Waals surface area contributed by atoms with Gasteiger partial charge in [0.05, 0.1) is 0 Å². The van der Waals surface area contributed by atoms with E-state index in [0.717, 1.165) is 62.7 Å². The number of carbonyl (C=O) groups is 3. The van der Waals surface area contributed by atoms with E-state index < -0.39 is 5.97 Å². The summed E-state index contributed by atoms with van der Waals surface area (Å²) in [5.74, 6) is 3.00. The number of amides is 1. The third-order valence-electron chi connectivity index (χ3n) is 15.5. The Labute approximate surface area is 342 Å². The lowest BCUT2D eigenvalue weighted by molar-refractivity contribution is -0.162. The van der Waals surface area contributed by atoms with Crippen LogP contribution in [0, 0.1) is 46.3 Å². The van der Waals surface area contributed by atoms with Gasteiger partial charge in [0.1, 0.15) is 12.6 Å². The van der Waals surface area contributed by atoms with Crippen LogP contribution in [-0.2, 0) is 19.1 Å².